The predicted molar refractivity (Wildman–Crippen MR) is 46.8 cm³/mol. The van der Waals surface area contributed by atoms with Crippen LogP contribution >= 0.6 is 11.3 Å². The van der Waals surface area contributed by atoms with E-state index in [0.29, 0.717) is 0 Å². The summed E-state index contributed by atoms with van der Waals surface area (Å²) in [6.07, 6.45) is 2.79. The summed E-state index contributed by atoms with van der Waals surface area (Å²) in [7, 11) is 0. The van der Waals surface area contributed by atoms with Crippen LogP contribution in [0.4, 0.5) is 5.13 Å². The highest BCUT2D eigenvalue weighted by atomic mass is 32.1. The molecule has 1 rings (SSSR count). The summed E-state index contributed by atoms with van der Waals surface area (Å²) >= 11 is 1.50. The highest BCUT2D eigenvalue weighted by Crippen LogP contribution is 2.17. The first-order chi connectivity index (χ1) is 5.36. The summed E-state index contributed by atoms with van der Waals surface area (Å²) in [6, 6.07) is 0. The van der Waals surface area contributed by atoms with Crippen LogP contribution in [0.15, 0.2) is 6.20 Å². The molecule has 0 spiro atoms. The lowest BCUT2D eigenvalue weighted by molar-refractivity contribution is 0.285. The van der Waals surface area contributed by atoms with Crippen LogP contribution in [0.2, 0.25) is 0 Å². The molecule has 0 saturated heterocycles. The largest absolute Gasteiger partial charge is 0.391 e. The predicted octanol–water partition coefficient (Wildman–Crippen LogP) is 1.46. The summed E-state index contributed by atoms with van der Waals surface area (Å²) in [4.78, 5) is 4.98. The van der Waals surface area contributed by atoms with E-state index in [1.54, 1.807) is 6.20 Å². The zero-order valence-electron chi connectivity index (χ0n) is 6.50. The van der Waals surface area contributed by atoms with Gasteiger partial charge in [-0.05, 0) is 6.42 Å². The van der Waals surface area contributed by atoms with Gasteiger partial charge in [0, 0.05) is 12.7 Å². The number of rotatable bonds is 4. The van der Waals surface area contributed by atoms with Crippen molar-refractivity contribution < 1.29 is 5.11 Å². The first kappa shape index (κ1) is 8.49. The van der Waals surface area contributed by atoms with Gasteiger partial charge in [0.25, 0.3) is 0 Å². The molecule has 0 radical (unpaired) electrons. The monoisotopic (exact) mass is 172 g/mol. The molecule has 0 aliphatic rings. The summed E-state index contributed by atoms with van der Waals surface area (Å²) in [6.45, 7) is 3.14. The maximum atomic E-state index is 8.72. The minimum absolute atomic E-state index is 0.0888. The summed E-state index contributed by atoms with van der Waals surface area (Å²) in [5.41, 5.74) is 0. The molecule has 0 unspecified atom stereocenters. The van der Waals surface area contributed by atoms with Crippen molar-refractivity contribution >= 4 is 16.5 Å². The highest BCUT2D eigenvalue weighted by Gasteiger charge is 1.97. The van der Waals surface area contributed by atoms with Gasteiger partial charge in [-0.15, -0.1) is 0 Å². The number of hydrogen-bond acceptors (Lipinski definition) is 4. The number of nitrogens with one attached hydrogen (secondary N) is 1. The molecule has 0 aromatic carbocycles. The van der Waals surface area contributed by atoms with Crippen molar-refractivity contribution in [1.82, 2.24) is 4.98 Å². The first-order valence-corrected chi connectivity index (χ1v) is 4.48. The van der Waals surface area contributed by atoms with Crippen molar-refractivity contribution in [2.75, 3.05) is 11.9 Å². The summed E-state index contributed by atoms with van der Waals surface area (Å²) in [5.74, 6) is 0. The molecule has 0 aliphatic carbocycles. The van der Waals surface area contributed by atoms with Gasteiger partial charge in [0.1, 0.15) is 0 Å². The van der Waals surface area contributed by atoms with E-state index in [4.69, 9.17) is 5.11 Å². The van der Waals surface area contributed by atoms with Gasteiger partial charge >= 0.3 is 0 Å². The van der Waals surface area contributed by atoms with Gasteiger partial charge in [0.15, 0.2) is 5.13 Å². The minimum atomic E-state index is 0.0888. The van der Waals surface area contributed by atoms with Gasteiger partial charge in [-0.3, -0.25) is 0 Å². The van der Waals surface area contributed by atoms with Crippen LogP contribution < -0.4 is 5.32 Å². The topological polar surface area (TPSA) is 45.2 Å². The molecular weight excluding hydrogens is 160 g/mol. The van der Waals surface area contributed by atoms with Crippen LogP contribution in [-0.2, 0) is 6.61 Å². The van der Waals surface area contributed by atoms with Gasteiger partial charge in [-0.2, -0.15) is 0 Å². The Morgan fingerprint density at radius 1 is 1.73 bits per heavy atom. The third kappa shape index (κ3) is 2.48. The van der Waals surface area contributed by atoms with Crippen molar-refractivity contribution in [1.29, 1.82) is 0 Å². The molecule has 0 aliphatic heterocycles. The third-order valence-corrected chi connectivity index (χ3v) is 2.18. The third-order valence-electron chi connectivity index (χ3n) is 1.24. The SMILES string of the molecule is CCCNc1ncc(CO)s1. The Bertz CT molecular complexity index is 212. The Labute approximate surface area is 70.1 Å². The lowest BCUT2D eigenvalue weighted by Gasteiger charge is -1.96. The lowest BCUT2D eigenvalue weighted by atomic mass is 10.5. The van der Waals surface area contributed by atoms with Crippen molar-refractivity contribution in [3.8, 4) is 0 Å². The Balaban J connectivity index is 2.44. The molecule has 62 valence electrons. The zero-order chi connectivity index (χ0) is 8.10. The molecule has 1 aromatic heterocycles. The van der Waals surface area contributed by atoms with Gasteiger partial charge in [-0.1, -0.05) is 18.3 Å². The first-order valence-electron chi connectivity index (χ1n) is 3.66. The molecule has 1 aromatic rings. The van der Waals surface area contributed by atoms with Crippen LogP contribution in [0.3, 0.4) is 0 Å². The van der Waals surface area contributed by atoms with Crippen molar-refractivity contribution in [3.63, 3.8) is 0 Å². The van der Waals surface area contributed by atoms with E-state index in [1.165, 1.54) is 11.3 Å². The minimum Gasteiger partial charge on any atom is -0.391 e. The van der Waals surface area contributed by atoms with E-state index < -0.39 is 0 Å². The lowest BCUT2D eigenvalue weighted by Crippen LogP contribution is -1.97. The summed E-state index contributed by atoms with van der Waals surface area (Å²) < 4.78 is 0. The van der Waals surface area contributed by atoms with E-state index >= 15 is 0 Å². The van der Waals surface area contributed by atoms with Gasteiger partial charge < -0.3 is 10.4 Å². The molecule has 2 N–H and O–H groups in total. The van der Waals surface area contributed by atoms with Gasteiger partial charge in [0.05, 0.1) is 11.5 Å². The molecule has 4 heteroatoms. The molecule has 1 heterocycles. The molecule has 3 nitrogen and oxygen atoms in total. The van der Waals surface area contributed by atoms with E-state index in [0.717, 1.165) is 23.0 Å². The van der Waals surface area contributed by atoms with Crippen molar-refractivity contribution in [2.45, 2.75) is 20.0 Å². The number of anilines is 1. The number of aliphatic hydroxyl groups is 1. The summed E-state index contributed by atoms with van der Waals surface area (Å²) in [5, 5.41) is 12.8. The zero-order valence-corrected chi connectivity index (χ0v) is 7.32. The van der Waals surface area contributed by atoms with Crippen molar-refractivity contribution in [2.24, 2.45) is 0 Å². The second-order valence-corrected chi connectivity index (χ2v) is 3.33. The molecular formula is C7H12N2OS. The highest BCUT2D eigenvalue weighted by molar-refractivity contribution is 7.15. The number of aliphatic hydroxyl groups excluding tert-OH is 1. The van der Waals surface area contributed by atoms with Crippen molar-refractivity contribution in [3.05, 3.63) is 11.1 Å². The maximum absolute atomic E-state index is 8.72. The Morgan fingerprint density at radius 2 is 2.55 bits per heavy atom. The van der Waals surface area contributed by atoms with Crippen LogP contribution in [0.25, 0.3) is 0 Å². The quantitative estimate of drug-likeness (QED) is 0.722. The van der Waals surface area contributed by atoms with Crippen LogP contribution in [-0.4, -0.2) is 16.6 Å². The number of aromatic nitrogens is 1. The van der Waals surface area contributed by atoms with E-state index in [9.17, 15) is 0 Å². The Morgan fingerprint density at radius 3 is 3.09 bits per heavy atom. The molecule has 0 amide bonds. The average molecular weight is 172 g/mol. The van der Waals surface area contributed by atoms with Crippen LogP contribution in [0, 0.1) is 0 Å². The Kier molecular flexibility index (Phi) is 3.32. The fourth-order valence-corrected chi connectivity index (χ4v) is 1.39. The smallest absolute Gasteiger partial charge is 0.182 e. The van der Waals surface area contributed by atoms with Gasteiger partial charge in [-0.25, -0.2) is 4.98 Å². The molecule has 11 heavy (non-hydrogen) atoms. The van der Waals surface area contributed by atoms with Crippen LogP contribution in [0.1, 0.15) is 18.2 Å². The second kappa shape index (κ2) is 4.31. The fraction of sp³-hybridized carbons (Fsp3) is 0.571. The average Bonchev–Trinajstić information content (AvgIpc) is 2.48. The van der Waals surface area contributed by atoms with E-state index in [-0.39, 0.29) is 6.61 Å². The number of thiazole rings is 1. The second-order valence-electron chi connectivity index (χ2n) is 2.22. The molecule has 0 saturated carbocycles. The van der Waals surface area contributed by atoms with Gasteiger partial charge in [0.2, 0.25) is 0 Å². The van der Waals surface area contributed by atoms with E-state index in [1.807, 2.05) is 0 Å². The number of hydrogen-bond donors (Lipinski definition) is 2. The molecule has 0 atom stereocenters. The standard InChI is InChI=1S/C7H12N2OS/c1-2-3-8-7-9-4-6(5-10)11-7/h4,10H,2-3,5H2,1H3,(H,8,9). The maximum Gasteiger partial charge on any atom is 0.182 e. The van der Waals surface area contributed by atoms with E-state index in [2.05, 4.69) is 17.2 Å². The van der Waals surface area contributed by atoms with Crippen LogP contribution in [0.5, 0.6) is 0 Å². The molecule has 0 bridgehead atoms. The number of nitrogens with zero attached hydrogens (tertiary/aromatic N) is 1. The normalized spacial score (nSPS) is 10.0. The molecule has 0 fully saturated rings. The Hall–Kier alpha value is -0.610. The fourth-order valence-electron chi connectivity index (χ4n) is 0.694.